The van der Waals surface area contributed by atoms with E-state index in [1.165, 1.54) is 6.26 Å². The maximum absolute atomic E-state index is 12.6. The van der Waals surface area contributed by atoms with Crippen LogP contribution in [0.5, 0.6) is 5.75 Å². The van der Waals surface area contributed by atoms with E-state index in [-0.39, 0.29) is 5.43 Å². The molecule has 0 atom stereocenters. The molecule has 0 bridgehead atoms. The van der Waals surface area contributed by atoms with E-state index in [4.69, 9.17) is 20.8 Å². The maximum atomic E-state index is 12.6. The summed E-state index contributed by atoms with van der Waals surface area (Å²) in [7, 11) is 0. The molecule has 1 aromatic heterocycles. The highest BCUT2D eigenvalue weighted by Gasteiger charge is 2.09. The zero-order valence-electron chi connectivity index (χ0n) is 11.9. The molecule has 0 aliphatic carbocycles. The second kappa shape index (κ2) is 6.67. The Morgan fingerprint density at radius 2 is 1.91 bits per heavy atom. The molecule has 22 heavy (non-hydrogen) atoms. The van der Waals surface area contributed by atoms with Crippen LogP contribution in [-0.4, -0.2) is 12.5 Å². The molecule has 0 fully saturated rings. The van der Waals surface area contributed by atoms with Gasteiger partial charge in [-0.15, -0.1) is 11.6 Å². The summed E-state index contributed by atoms with van der Waals surface area (Å²) < 4.78 is 11.2. The van der Waals surface area contributed by atoms with E-state index >= 15 is 0 Å². The third kappa shape index (κ3) is 3.00. The van der Waals surface area contributed by atoms with Gasteiger partial charge < -0.3 is 9.15 Å². The largest absolute Gasteiger partial charge is 0.493 e. The Bertz CT molecular complexity index is 825. The van der Waals surface area contributed by atoms with Crippen molar-refractivity contribution in [3.8, 4) is 16.9 Å². The highest BCUT2D eigenvalue weighted by atomic mass is 35.5. The molecule has 3 nitrogen and oxygen atoms in total. The van der Waals surface area contributed by atoms with Crippen LogP contribution in [0, 0.1) is 0 Å². The number of ether oxygens (including phenoxy) is 1. The first kappa shape index (κ1) is 14.7. The number of halogens is 1. The van der Waals surface area contributed by atoms with Crippen molar-refractivity contribution < 1.29 is 9.15 Å². The predicted octanol–water partition coefficient (Wildman–Crippen LogP) is 4.47. The van der Waals surface area contributed by atoms with E-state index in [9.17, 15) is 4.79 Å². The first-order valence-electron chi connectivity index (χ1n) is 7.09. The molecule has 0 spiro atoms. The zero-order chi connectivity index (χ0) is 15.4. The quantitative estimate of drug-likeness (QED) is 0.515. The highest BCUT2D eigenvalue weighted by molar-refractivity contribution is 6.17. The molecule has 0 saturated carbocycles. The summed E-state index contributed by atoms with van der Waals surface area (Å²) in [6.07, 6.45) is 2.28. The Morgan fingerprint density at radius 1 is 1.09 bits per heavy atom. The van der Waals surface area contributed by atoms with Gasteiger partial charge in [0.2, 0.25) is 0 Å². The molecule has 4 heteroatoms. The minimum Gasteiger partial charge on any atom is -0.493 e. The number of hydrogen-bond acceptors (Lipinski definition) is 3. The Hall–Kier alpha value is -2.26. The molecule has 112 valence electrons. The van der Waals surface area contributed by atoms with Gasteiger partial charge in [-0.3, -0.25) is 4.79 Å². The number of benzene rings is 2. The van der Waals surface area contributed by atoms with E-state index in [2.05, 4.69) is 0 Å². The summed E-state index contributed by atoms with van der Waals surface area (Å²) in [6.45, 7) is 0.543. The summed E-state index contributed by atoms with van der Waals surface area (Å²) in [6, 6.07) is 14.7. The summed E-state index contributed by atoms with van der Waals surface area (Å²) in [5.41, 5.74) is 1.89. The standard InChI is InChI=1S/C18H15ClO3/c19-9-4-10-21-14-7-8-15-17(11-14)22-12-16(18(15)20)13-5-2-1-3-6-13/h1-3,5-8,11-12H,4,9-10H2. The Morgan fingerprint density at radius 3 is 2.68 bits per heavy atom. The van der Waals surface area contributed by atoms with Gasteiger partial charge in [0.05, 0.1) is 17.6 Å². The molecule has 1 heterocycles. The Labute approximate surface area is 133 Å². The molecular weight excluding hydrogens is 300 g/mol. The fourth-order valence-electron chi connectivity index (χ4n) is 2.26. The fourth-order valence-corrected chi connectivity index (χ4v) is 2.37. The summed E-state index contributed by atoms with van der Waals surface area (Å²) in [5.74, 6) is 1.23. The van der Waals surface area contributed by atoms with Crippen LogP contribution in [-0.2, 0) is 0 Å². The van der Waals surface area contributed by atoms with Crippen molar-refractivity contribution in [1.82, 2.24) is 0 Å². The number of hydrogen-bond donors (Lipinski definition) is 0. The predicted molar refractivity (Wildman–Crippen MR) is 88.8 cm³/mol. The number of rotatable bonds is 5. The van der Waals surface area contributed by atoms with Crippen LogP contribution in [0.15, 0.2) is 64.0 Å². The third-order valence-corrected chi connectivity index (χ3v) is 3.64. The maximum Gasteiger partial charge on any atom is 0.200 e. The van der Waals surface area contributed by atoms with Crippen molar-refractivity contribution in [3.63, 3.8) is 0 Å². The summed E-state index contributed by atoms with van der Waals surface area (Å²) >= 11 is 5.62. The highest BCUT2D eigenvalue weighted by Crippen LogP contribution is 2.23. The van der Waals surface area contributed by atoms with Gasteiger partial charge in [0.15, 0.2) is 5.43 Å². The SMILES string of the molecule is O=c1c(-c2ccccc2)coc2cc(OCCCCl)ccc12. The Kier molecular flexibility index (Phi) is 4.45. The molecule has 3 aromatic rings. The van der Waals surface area contributed by atoms with E-state index in [0.29, 0.717) is 34.8 Å². The zero-order valence-corrected chi connectivity index (χ0v) is 12.7. The lowest BCUT2D eigenvalue weighted by atomic mass is 10.1. The van der Waals surface area contributed by atoms with Gasteiger partial charge >= 0.3 is 0 Å². The van der Waals surface area contributed by atoms with Crippen LogP contribution in [0.3, 0.4) is 0 Å². The van der Waals surface area contributed by atoms with Crippen LogP contribution in [0.2, 0.25) is 0 Å². The van der Waals surface area contributed by atoms with Crippen molar-refractivity contribution in [1.29, 1.82) is 0 Å². The molecule has 3 rings (SSSR count). The molecule has 2 aromatic carbocycles. The van der Waals surface area contributed by atoms with Crippen molar-refractivity contribution in [2.75, 3.05) is 12.5 Å². The minimum atomic E-state index is -0.0419. The average Bonchev–Trinajstić information content (AvgIpc) is 2.56. The average molecular weight is 315 g/mol. The topological polar surface area (TPSA) is 39.4 Å². The first-order chi connectivity index (χ1) is 10.8. The second-order valence-corrected chi connectivity index (χ2v) is 5.27. The van der Waals surface area contributed by atoms with Gasteiger partial charge in [0, 0.05) is 11.9 Å². The lowest BCUT2D eigenvalue weighted by Gasteiger charge is -2.06. The van der Waals surface area contributed by atoms with Crippen LogP contribution in [0.4, 0.5) is 0 Å². The van der Waals surface area contributed by atoms with Crippen LogP contribution < -0.4 is 10.2 Å². The van der Waals surface area contributed by atoms with Gasteiger partial charge in [0.1, 0.15) is 17.6 Å². The normalized spacial score (nSPS) is 10.8. The molecular formula is C18H15ClO3. The van der Waals surface area contributed by atoms with E-state index in [1.807, 2.05) is 30.3 Å². The smallest absolute Gasteiger partial charge is 0.200 e. The van der Waals surface area contributed by atoms with Crippen LogP contribution in [0.1, 0.15) is 6.42 Å². The minimum absolute atomic E-state index is 0.0419. The third-order valence-electron chi connectivity index (χ3n) is 3.38. The molecule has 0 amide bonds. The van der Waals surface area contributed by atoms with Crippen molar-refractivity contribution in [2.45, 2.75) is 6.42 Å². The molecule has 0 N–H and O–H groups in total. The molecule has 0 aliphatic heterocycles. The van der Waals surface area contributed by atoms with Gasteiger partial charge in [-0.05, 0) is 24.1 Å². The summed E-state index contributed by atoms with van der Waals surface area (Å²) in [5, 5.41) is 0.547. The molecule has 0 aliphatic rings. The molecule has 0 unspecified atom stereocenters. The number of alkyl halides is 1. The lowest BCUT2D eigenvalue weighted by Crippen LogP contribution is -2.05. The number of fused-ring (bicyclic) bond motifs is 1. The van der Waals surface area contributed by atoms with Crippen LogP contribution >= 0.6 is 11.6 Å². The van der Waals surface area contributed by atoms with Crippen molar-refractivity contribution in [3.05, 3.63) is 65.0 Å². The lowest BCUT2D eigenvalue weighted by molar-refractivity contribution is 0.318. The molecule has 0 saturated heterocycles. The second-order valence-electron chi connectivity index (χ2n) is 4.89. The van der Waals surface area contributed by atoms with Gasteiger partial charge in [-0.2, -0.15) is 0 Å². The van der Waals surface area contributed by atoms with Crippen molar-refractivity contribution in [2.24, 2.45) is 0 Å². The van der Waals surface area contributed by atoms with Gasteiger partial charge in [0.25, 0.3) is 0 Å². The van der Waals surface area contributed by atoms with E-state index in [1.54, 1.807) is 18.2 Å². The van der Waals surface area contributed by atoms with Gasteiger partial charge in [-0.25, -0.2) is 0 Å². The van der Waals surface area contributed by atoms with E-state index in [0.717, 1.165) is 12.0 Å². The fraction of sp³-hybridized carbons (Fsp3) is 0.167. The summed E-state index contributed by atoms with van der Waals surface area (Å²) in [4.78, 5) is 12.6. The van der Waals surface area contributed by atoms with Crippen molar-refractivity contribution >= 4 is 22.6 Å². The van der Waals surface area contributed by atoms with E-state index < -0.39 is 0 Å². The Balaban J connectivity index is 1.98. The molecule has 0 radical (unpaired) electrons. The first-order valence-corrected chi connectivity index (χ1v) is 7.63. The van der Waals surface area contributed by atoms with Gasteiger partial charge in [-0.1, -0.05) is 30.3 Å². The van der Waals surface area contributed by atoms with Crippen LogP contribution in [0.25, 0.3) is 22.1 Å². The monoisotopic (exact) mass is 314 g/mol.